The molecule has 1 atom stereocenters. The topological polar surface area (TPSA) is 116 Å². The van der Waals surface area contributed by atoms with Crippen molar-refractivity contribution in [3.8, 4) is 6.01 Å². The van der Waals surface area contributed by atoms with Crippen LogP contribution in [0.15, 0.2) is 30.6 Å². The van der Waals surface area contributed by atoms with Crippen LogP contribution in [0.3, 0.4) is 0 Å². The first-order valence-corrected chi connectivity index (χ1v) is 11.1. The van der Waals surface area contributed by atoms with Crippen molar-refractivity contribution in [2.24, 2.45) is 0 Å². The van der Waals surface area contributed by atoms with E-state index in [9.17, 15) is 9.46 Å². The molecule has 144 valence electrons. The molecule has 1 unspecified atom stereocenters. The van der Waals surface area contributed by atoms with Gasteiger partial charge in [-0.2, -0.15) is 9.97 Å². The van der Waals surface area contributed by atoms with Crippen molar-refractivity contribution in [3.63, 3.8) is 0 Å². The summed E-state index contributed by atoms with van der Waals surface area (Å²) in [5.41, 5.74) is 8.93. The van der Waals surface area contributed by atoms with Gasteiger partial charge in [0.15, 0.2) is 17.0 Å². The van der Waals surface area contributed by atoms with Crippen molar-refractivity contribution in [3.05, 3.63) is 41.7 Å². The van der Waals surface area contributed by atoms with E-state index in [2.05, 4.69) is 21.9 Å². The second kappa shape index (κ2) is 8.06. The van der Waals surface area contributed by atoms with E-state index >= 15 is 0 Å². The zero-order chi connectivity index (χ0) is 19.4. The van der Waals surface area contributed by atoms with Crippen LogP contribution in [0.4, 0.5) is 5.82 Å². The minimum Gasteiger partial charge on any atom is -0.463 e. The minimum atomic E-state index is -3.12. The number of unbranched alkanes of at least 4 members (excludes halogenated alkanes) is 1. The van der Waals surface area contributed by atoms with E-state index < -0.39 is 7.37 Å². The molecule has 0 saturated carbocycles. The normalized spacial score (nSPS) is 13.6. The number of rotatable bonds is 8. The lowest BCUT2D eigenvalue weighted by molar-refractivity contribution is 0.286. The highest BCUT2D eigenvalue weighted by molar-refractivity contribution is 7.56. The second-order valence-electron chi connectivity index (χ2n) is 6.67. The van der Waals surface area contributed by atoms with E-state index in [1.807, 2.05) is 28.8 Å². The highest BCUT2D eigenvalue weighted by atomic mass is 31.2. The van der Waals surface area contributed by atoms with Gasteiger partial charge in [-0.25, -0.2) is 4.98 Å². The van der Waals surface area contributed by atoms with Gasteiger partial charge in [-0.05, 0) is 17.5 Å². The van der Waals surface area contributed by atoms with Gasteiger partial charge in [-0.3, -0.25) is 4.57 Å². The van der Waals surface area contributed by atoms with E-state index in [1.165, 1.54) is 6.66 Å². The first-order chi connectivity index (χ1) is 12.9. The molecule has 0 bridgehead atoms. The molecule has 3 N–H and O–H groups in total. The molecule has 0 aliphatic heterocycles. The van der Waals surface area contributed by atoms with Gasteiger partial charge in [0.1, 0.15) is 0 Å². The van der Waals surface area contributed by atoms with Crippen LogP contribution in [0, 0.1) is 0 Å². The van der Waals surface area contributed by atoms with Crippen molar-refractivity contribution in [1.82, 2.24) is 19.5 Å². The fourth-order valence-corrected chi connectivity index (χ4v) is 3.67. The number of nitrogen functional groups attached to an aromatic ring is 1. The van der Waals surface area contributed by atoms with Gasteiger partial charge < -0.3 is 19.9 Å². The summed E-state index contributed by atoms with van der Waals surface area (Å²) in [5.74, 6) is 0.284. The van der Waals surface area contributed by atoms with E-state index in [-0.39, 0.29) is 18.0 Å². The van der Waals surface area contributed by atoms with Crippen molar-refractivity contribution in [2.75, 3.05) is 19.0 Å². The maximum Gasteiger partial charge on any atom is 0.320 e. The largest absolute Gasteiger partial charge is 0.463 e. The van der Waals surface area contributed by atoms with Gasteiger partial charge in [0.05, 0.1) is 19.5 Å². The Balaban J connectivity index is 1.86. The number of ether oxygens (including phenoxy) is 1. The summed E-state index contributed by atoms with van der Waals surface area (Å²) in [5, 5.41) is 0. The Bertz CT molecular complexity index is 982. The first kappa shape index (κ1) is 19.3. The monoisotopic (exact) mass is 389 g/mol. The predicted molar refractivity (Wildman–Crippen MR) is 105 cm³/mol. The van der Waals surface area contributed by atoms with Crippen LogP contribution in [-0.4, -0.2) is 37.7 Å². The highest BCUT2D eigenvalue weighted by Gasteiger charge is 2.14. The van der Waals surface area contributed by atoms with Crippen LogP contribution in [-0.2, 0) is 17.3 Å². The molecule has 2 heterocycles. The summed E-state index contributed by atoms with van der Waals surface area (Å²) < 4.78 is 19.1. The highest BCUT2D eigenvalue weighted by Crippen LogP contribution is 2.39. The molecule has 0 fully saturated rings. The maximum atomic E-state index is 11.7. The summed E-state index contributed by atoms with van der Waals surface area (Å²) in [6.45, 7) is 4.49. The molecular formula is C18H24N5O3P. The summed E-state index contributed by atoms with van der Waals surface area (Å²) in [6, 6.07) is 7.85. The third kappa shape index (κ3) is 5.05. The Hall–Kier alpha value is -2.44. The molecule has 3 aromatic rings. The first-order valence-electron chi connectivity index (χ1n) is 8.84. The van der Waals surface area contributed by atoms with Crippen molar-refractivity contribution in [1.29, 1.82) is 0 Å². The maximum absolute atomic E-state index is 11.7. The smallest absolute Gasteiger partial charge is 0.320 e. The zero-order valence-electron chi connectivity index (χ0n) is 15.5. The molecule has 9 heteroatoms. The Kier molecular flexibility index (Phi) is 5.77. The third-order valence-electron chi connectivity index (χ3n) is 4.02. The number of aromatic nitrogens is 4. The number of nitrogens with two attached hydrogens (primary N) is 1. The van der Waals surface area contributed by atoms with E-state index in [4.69, 9.17) is 10.5 Å². The minimum absolute atomic E-state index is 0.149. The third-order valence-corrected chi connectivity index (χ3v) is 4.97. The number of hydrogen-bond acceptors (Lipinski definition) is 6. The molecule has 0 aliphatic carbocycles. The molecule has 0 spiro atoms. The van der Waals surface area contributed by atoms with E-state index in [1.54, 1.807) is 6.33 Å². The van der Waals surface area contributed by atoms with Gasteiger partial charge in [0.2, 0.25) is 7.37 Å². The molecule has 8 nitrogen and oxygen atoms in total. The number of hydrogen-bond donors (Lipinski definition) is 2. The fraction of sp³-hybridized carbons (Fsp3) is 0.389. The lowest BCUT2D eigenvalue weighted by Gasteiger charge is -2.09. The average molecular weight is 389 g/mol. The zero-order valence-corrected chi connectivity index (χ0v) is 16.4. The summed E-state index contributed by atoms with van der Waals surface area (Å²) in [4.78, 5) is 22.5. The molecule has 3 rings (SSSR count). The van der Waals surface area contributed by atoms with Gasteiger partial charge in [-0.1, -0.05) is 37.6 Å². The Morgan fingerprint density at radius 2 is 2.07 bits per heavy atom. The SMILES string of the molecule is CCCCOc1nc(N)c2ncn(Cc3cccc(CP(C)(=O)O)c3)c2n1. The van der Waals surface area contributed by atoms with Crippen LogP contribution in [0.5, 0.6) is 6.01 Å². The molecule has 27 heavy (non-hydrogen) atoms. The number of imidazole rings is 1. The Morgan fingerprint density at radius 1 is 1.30 bits per heavy atom. The van der Waals surface area contributed by atoms with Gasteiger partial charge >= 0.3 is 6.01 Å². The van der Waals surface area contributed by atoms with E-state index in [0.29, 0.717) is 24.3 Å². The predicted octanol–water partition coefficient (Wildman–Crippen LogP) is 3.04. The van der Waals surface area contributed by atoms with Crippen LogP contribution < -0.4 is 10.5 Å². The molecule has 0 radical (unpaired) electrons. The lowest BCUT2D eigenvalue weighted by Crippen LogP contribution is -2.06. The molecule has 0 saturated heterocycles. The van der Waals surface area contributed by atoms with Crippen molar-refractivity contribution >= 4 is 24.4 Å². The summed E-state index contributed by atoms with van der Waals surface area (Å²) in [6.07, 6.45) is 3.75. The number of anilines is 1. The van der Waals surface area contributed by atoms with Crippen LogP contribution in [0.1, 0.15) is 30.9 Å². The molecule has 1 aromatic carbocycles. The number of nitrogens with zero attached hydrogens (tertiary/aromatic N) is 4. The summed E-state index contributed by atoms with van der Waals surface area (Å²) >= 11 is 0. The van der Waals surface area contributed by atoms with Crippen LogP contribution in [0.25, 0.3) is 11.2 Å². The van der Waals surface area contributed by atoms with Crippen molar-refractivity contribution in [2.45, 2.75) is 32.5 Å². The quantitative estimate of drug-likeness (QED) is 0.449. The van der Waals surface area contributed by atoms with Crippen molar-refractivity contribution < 1.29 is 14.2 Å². The number of benzene rings is 1. The van der Waals surface area contributed by atoms with Gasteiger partial charge in [0.25, 0.3) is 0 Å². The summed E-state index contributed by atoms with van der Waals surface area (Å²) in [7, 11) is -3.12. The molecule has 0 aliphatic rings. The molecular weight excluding hydrogens is 365 g/mol. The fourth-order valence-electron chi connectivity index (χ4n) is 2.80. The average Bonchev–Trinajstić information content (AvgIpc) is 2.97. The Labute approximate surface area is 157 Å². The van der Waals surface area contributed by atoms with Crippen LogP contribution >= 0.6 is 7.37 Å². The molecule has 0 amide bonds. The molecule has 2 aromatic heterocycles. The standard InChI is InChI=1S/C18H24N5O3P/c1-3-4-8-26-18-21-16(19)15-17(22-18)23(12-20-15)10-13-6-5-7-14(9-13)11-27(2,24)25/h5-7,9,12H,3-4,8,10-11H2,1-2H3,(H,24,25)(H2,19,21,22). The van der Waals surface area contributed by atoms with Crippen LogP contribution in [0.2, 0.25) is 0 Å². The number of fused-ring (bicyclic) bond motifs is 1. The van der Waals surface area contributed by atoms with Gasteiger partial charge in [-0.15, -0.1) is 0 Å². The van der Waals surface area contributed by atoms with E-state index in [0.717, 1.165) is 24.0 Å². The van der Waals surface area contributed by atoms with Gasteiger partial charge in [0, 0.05) is 12.8 Å². The second-order valence-corrected chi connectivity index (χ2v) is 9.09. The Morgan fingerprint density at radius 3 is 2.81 bits per heavy atom. The lowest BCUT2D eigenvalue weighted by atomic mass is 10.1.